The first kappa shape index (κ1) is 11.0. The maximum absolute atomic E-state index is 8.05. The molecule has 1 rings (SSSR count). The van der Waals surface area contributed by atoms with Gasteiger partial charge in [-0.25, -0.2) is 10.8 Å². The fourth-order valence-electron chi connectivity index (χ4n) is 0.986. The molecule has 0 spiro atoms. The van der Waals surface area contributed by atoms with Gasteiger partial charge in [-0.2, -0.15) is 0 Å². The number of azide groups is 1. The average Bonchev–Trinajstić information content (AvgIpc) is 2.30. The Labute approximate surface area is 87.4 Å². The quantitative estimate of drug-likeness (QED) is 0.192. The smallest absolute Gasteiger partial charge is 0.139 e. The van der Waals surface area contributed by atoms with Crippen LogP contribution in [0.5, 0.6) is 0 Å². The summed E-state index contributed by atoms with van der Waals surface area (Å²) in [4.78, 5) is 6.70. The molecule has 0 atom stereocenters. The molecule has 0 radical (unpaired) electrons. The Hall–Kier alpha value is -2.04. The fraction of sp³-hybridized carbons (Fsp3) is 0.222. The Morgan fingerprint density at radius 2 is 2.47 bits per heavy atom. The molecule has 1 aromatic heterocycles. The molecule has 0 amide bonds. The minimum Gasteiger partial charge on any atom is -0.308 e. The standard InChI is InChI=1S/C9H12N6/c10-14-9-5-4-8(7-12-9)3-1-2-6-13-15-11/h1,3-5,7H,2,6,10H2,(H,12,14). The molecule has 0 saturated carbocycles. The maximum atomic E-state index is 8.05. The molecule has 0 aromatic carbocycles. The Bertz CT molecular complexity index is 363. The first-order valence-corrected chi connectivity index (χ1v) is 4.47. The first-order chi connectivity index (χ1) is 7.36. The number of hydrogen-bond donors (Lipinski definition) is 2. The highest BCUT2D eigenvalue weighted by molar-refractivity contribution is 5.50. The van der Waals surface area contributed by atoms with Crippen molar-refractivity contribution in [2.24, 2.45) is 11.0 Å². The van der Waals surface area contributed by atoms with Gasteiger partial charge in [0, 0.05) is 17.7 Å². The van der Waals surface area contributed by atoms with E-state index in [1.165, 1.54) is 0 Å². The summed E-state index contributed by atoms with van der Waals surface area (Å²) in [6.45, 7) is 0.475. The van der Waals surface area contributed by atoms with Crippen LogP contribution in [0.1, 0.15) is 12.0 Å². The number of rotatable bonds is 5. The molecule has 0 bridgehead atoms. The van der Waals surface area contributed by atoms with Gasteiger partial charge in [-0.15, -0.1) is 0 Å². The van der Waals surface area contributed by atoms with E-state index in [2.05, 4.69) is 20.4 Å². The van der Waals surface area contributed by atoms with Crippen molar-refractivity contribution < 1.29 is 0 Å². The summed E-state index contributed by atoms with van der Waals surface area (Å²) in [7, 11) is 0. The van der Waals surface area contributed by atoms with Gasteiger partial charge in [-0.1, -0.05) is 17.3 Å². The molecule has 0 fully saturated rings. The molecular weight excluding hydrogens is 192 g/mol. The van der Waals surface area contributed by atoms with Gasteiger partial charge in [-0.3, -0.25) is 0 Å². The van der Waals surface area contributed by atoms with Crippen molar-refractivity contribution in [3.63, 3.8) is 0 Å². The van der Waals surface area contributed by atoms with Crippen molar-refractivity contribution in [3.8, 4) is 0 Å². The summed E-state index contributed by atoms with van der Waals surface area (Å²) >= 11 is 0. The topological polar surface area (TPSA) is 99.7 Å². The third kappa shape index (κ3) is 4.12. The largest absolute Gasteiger partial charge is 0.308 e. The van der Waals surface area contributed by atoms with E-state index >= 15 is 0 Å². The fourth-order valence-corrected chi connectivity index (χ4v) is 0.986. The third-order valence-corrected chi connectivity index (χ3v) is 1.70. The highest BCUT2D eigenvalue weighted by atomic mass is 15.2. The summed E-state index contributed by atoms with van der Waals surface area (Å²) in [5.41, 5.74) is 11.5. The normalized spacial score (nSPS) is 9.93. The second-order valence-corrected chi connectivity index (χ2v) is 2.77. The molecule has 0 unspecified atom stereocenters. The molecule has 0 aliphatic rings. The highest BCUT2D eigenvalue weighted by Gasteiger charge is 1.89. The summed E-state index contributed by atoms with van der Waals surface area (Å²) in [6.07, 6.45) is 6.28. The summed E-state index contributed by atoms with van der Waals surface area (Å²) in [6, 6.07) is 3.68. The molecule has 1 heterocycles. The van der Waals surface area contributed by atoms with Crippen LogP contribution < -0.4 is 11.3 Å². The third-order valence-electron chi connectivity index (χ3n) is 1.70. The van der Waals surface area contributed by atoms with Crippen LogP contribution >= 0.6 is 0 Å². The van der Waals surface area contributed by atoms with Crippen LogP contribution in [-0.2, 0) is 0 Å². The van der Waals surface area contributed by atoms with Crippen LogP contribution in [0.25, 0.3) is 16.5 Å². The van der Waals surface area contributed by atoms with Crippen molar-refractivity contribution in [1.82, 2.24) is 4.98 Å². The molecular formula is C9H12N6. The first-order valence-electron chi connectivity index (χ1n) is 4.47. The number of nitrogens with one attached hydrogen (secondary N) is 1. The average molecular weight is 204 g/mol. The zero-order valence-electron chi connectivity index (χ0n) is 8.17. The van der Waals surface area contributed by atoms with Crippen molar-refractivity contribution in [1.29, 1.82) is 0 Å². The molecule has 1 aromatic rings. The van der Waals surface area contributed by atoms with Crippen molar-refractivity contribution >= 4 is 11.9 Å². The second-order valence-electron chi connectivity index (χ2n) is 2.77. The lowest BCUT2D eigenvalue weighted by Crippen LogP contribution is -2.07. The van der Waals surface area contributed by atoms with Crippen molar-refractivity contribution in [2.75, 3.05) is 12.0 Å². The van der Waals surface area contributed by atoms with E-state index in [0.29, 0.717) is 12.4 Å². The van der Waals surface area contributed by atoms with Gasteiger partial charge in [0.05, 0.1) is 0 Å². The molecule has 6 nitrogen and oxygen atoms in total. The SMILES string of the molecule is [N-]=[N+]=NCCC=Cc1ccc(NN)nc1. The van der Waals surface area contributed by atoms with E-state index in [1.54, 1.807) is 12.3 Å². The minimum atomic E-state index is 0.475. The van der Waals surface area contributed by atoms with Crippen molar-refractivity contribution in [3.05, 3.63) is 40.4 Å². The Balaban J connectivity index is 2.46. The highest BCUT2D eigenvalue weighted by Crippen LogP contribution is 2.05. The summed E-state index contributed by atoms with van der Waals surface area (Å²) in [5.74, 6) is 5.80. The van der Waals surface area contributed by atoms with Crippen LogP contribution in [0.4, 0.5) is 5.82 Å². The van der Waals surface area contributed by atoms with Gasteiger partial charge in [0.15, 0.2) is 0 Å². The lowest BCUT2D eigenvalue weighted by atomic mass is 10.2. The summed E-state index contributed by atoms with van der Waals surface area (Å²) < 4.78 is 0. The molecule has 15 heavy (non-hydrogen) atoms. The number of hydrazine groups is 1. The number of nitrogens with zero attached hydrogens (tertiary/aromatic N) is 4. The monoisotopic (exact) mass is 204 g/mol. The van der Waals surface area contributed by atoms with Gasteiger partial charge in [0.2, 0.25) is 0 Å². The predicted octanol–water partition coefficient (Wildman–Crippen LogP) is 2.08. The Morgan fingerprint density at radius 1 is 1.60 bits per heavy atom. The lowest BCUT2D eigenvalue weighted by molar-refractivity contribution is 0.995. The second kappa shape index (κ2) is 6.42. The van der Waals surface area contributed by atoms with E-state index in [9.17, 15) is 0 Å². The lowest BCUT2D eigenvalue weighted by Gasteiger charge is -1.97. The van der Waals surface area contributed by atoms with E-state index in [-0.39, 0.29) is 0 Å². The zero-order chi connectivity index (χ0) is 10.9. The number of nitrogen functional groups attached to an aromatic ring is 1. The van der Waals surface area contributed by atoms with E-state index in [1.807, 2.05) is 18.2 Å². The van der Waals surface area contributed by atoms with Gasteiger partial charge >= 0.3 is 0 Å². The molecule has 0 saturated heterocycles. The van der Waals surface area contributed by atoms with Crippen LogP contribution in [0, 0.1) is 0 Å². The molecule has 6 heteroatoms. The van der Waals surface area contributed by atoms with Gasteiger partial charge < -0.3 is 5.43 Å². The minimum absolute atomic E-state index is 0.475. The van der Waals surface area contributed by atoms with Gasteiger partial charge in [0.25, 0.3) is 0 Å². The van der Waals surface area contributed by atoms with Gasteiger partial charge in [-0.05, 0) is 29.6 Å². The van der Waals surface area contributed by atoms with Gasteiger partial charge in [0.1, 0.15) is 5.82 Å². The Morgan fingerprint density at radius 3 is 3.07 bits per heavy atom. The molecule has 0 aliphatic carbocycles. The molecule has 0 aliphatic heterocycles. The van der Waals surface area contributed by atoms with Crippen LogP contribution in [-0.4, -0.2) is 11.5 Å². The zero-order valence-corrected chi connectivity index (χ0v) is 8.17. The maximum Gasteiger partial charge on any atom is 0.139 e. The number of anilines is 1. The Kier molecular flexibility index (Phi) is 4.72. The van der Waals surface area contributed by atoms with Crippen LogP contribution in [0.3, 0.4) is 0 Å². The van der Waals surface area contributed by atoms with E-state index in [0.717, 1.165) is 12.0 Å². The molecule has 78 valence electrons. The number of hydrogen-bond acceptors (Lipinski definition) is 4. The summed E-state index contributed by atoms with van der Waals surface area (Å²) in [5, 5.41) is 3.42. The number of pyridine rings is 1. The molecule has 3 N–H and O–H groups in total. The van der Waals surface area contributed by atoms with Crippen LogP contribution in [0.2, 0.25) is 0 Å². The van der Waals surface area contributed by atoms with E-state index < -0.39 is 0 Å². The van der Waals surface area contributed by atoms with Crippen molar-refractivity contribution in [2.45, 2.75) is 6.42 Å². The number of aromatic nitrogens is 1. The number of nitrogens with two attached hydrogens (primary N) is 1. The predicted molar refractivity (Wildman–Crippen MR) is 59.7 cm³/mol. The van der Waals surface area contributed by atoms with E-state index in [4.69, 9.17) is 11.4 Å². The van der Waals surface area contributed by atoms with Crippen LogP contribution in [0.15, 0.2) is 29.5 Å².